The lowest BCUT2D eigenvalue weighted by molar-refractivity contribution is -0.162. The number of ether oxygens (including phenoxy) is 2. The van der Waals surface area contributed by atoms with Crippen LogP contribution in [-0.2, 0) is 19.1 Å². The number of hydrogen-bond donors (Lipinski definition) is 0. The van der Waals surface area contributed by atoms with Gasteiger partial charge in [0.1, 0.15) is 0 Å². The summed E-state index contributed by atoms with van der Waals surface area (Å²) in [5.41, 5.74) is 0. The maximum Gasteiger partial charge on any atom is 0.310 e. The summed E-state index contributed by atoms with van der Waals surface area (Å²) in [5, 5.41) is 0. The summed E-state index contributed by atoms with van der Waals surface area (Å²) in [6, 6.07) is 0. The van der Waals surface area contributed by atoms with Crippen LogP contribution in [0.15, 0.2) is 12.2 Å². The van der Waals surface area contributed by atoms with Crippen molar-refractivity contribution in [3.05, 3.63) is 12.2 Å². The Hall–Kier alpha value is -1.32. The van der Waals surface area contributed by atoms with E-state index in [1.54, 1.807) is 0 Å². The Morgan fingerprint density at radius 3 is 1.64 bits per heavy atom. The van der Waals surface area contributed by atoms with Gasteiger partial charge >= 0.3 is 11.9 Å². The highest BCUT2D eigenvalue weighted by Gasteiger charge is 2.53. The zero-order valence-electron chi connectivity index (χ0n) is 16.2. The van der Waals surface area contributed by atoms with Crippen LogP contribution in [-0.4, -0.2) is 25.2 Å². The van der Waals surface area contributed by atoms with Crippen molar-refractivity contribution >= 4 is 11.9 Å². The SMILES string of the molecule is CCCC(C)COC(=O)C1C2C=CC(C2)C1C(=O)OCC(C)CCC. The van der Waals surface area contributed by atoms with E-state index in [1.165, 1.54) is 0 Å². The molecule has 6 unspecified atom stereocenters. The minimum absolute atomic E-state index is 0.129. The van der Waals surface area contributed by atoms with Crippen LogP contribution in [0.5, 0.6) is 0 Å². The fourth-order valence-corrected chi connectivity index (χ4v) is 4.26. The van der Waals surface area contributed by atoms with Crippen LogP contribution in [0.25, 0.3) is 0 Å². The third kappa shape index (κ3) is 5.08. The molecule has 0 saturated heterocycles. The molecular formula is C21H34O4. The molecule has 0 aliphatic heterocycles. The Morgan fingerprint density at radius 2 is 1.28 bits per heavy atom. The van der Waals surface area contributed by atoms with Gasteiger partial charge in [-0.05, 0) is 42.9 Å². The predicted molar refractivity (Wildman–Crippen MR) is 97.8 cm³/mol. The van der Waals surface area contributed by atoms with Gasteiger partial charge in [-0.1, -0.05) is 52.7 Å². The number of hydrogen-bond acceptors (Lipinski definition) is 4. The van der Waals surface area contributed by atoms with Crippen molar-refractivity contribution < 1.29 is 19.1 Å². The van der Waals surface area contributed by atoms with Crippen molar-refractivity contribution in [1.82, 2.24) is 0 Å². The average molecular weight is 350 g/mol. The molecule has 1 saturated carbocycles. The number of allylic oxidation sites excluding steroid dienone is 2. The number of rotatable bonds is 10. The lowest BCUT2D eigenvalue weighted by Crippen LogP contribution is -2.36. The first-order chi connectivity index (χ1) is 12.0. The summed E-state index contributed by atoms with van der Waals surface area (Å²) in [5.74, 6) is -0.178. The van der Waals surface area contributed by atoms with Crippen LogP contribution in [0.4, 0.5) is 0 Å². The zero-order chi connectivity index (χ0) is 18.4. The van der Waals surface area contributed by atoms with Gasteiger partial charge in [0.2, 0.25) is 0 Å². The molecular weight excluding hydrogens is 316 g/mol. The molecule has 142 valence electrons. The van der Waals surface area contributed by atoms with Crippen molar-refractivity contribution in [3.8, 4) is 0 Å². The first-order valence-corrected chi connectivity index (χ1v) is 9.99. The molecule has 25 heavy (non-hydrogen) atoms. The van der Waals surface area contributed by atoms with Crippen molar-refractivity contribution in [1.29, 1.82) is 0 Å². The largest absolute Gasteiger partial charge is 0.465 e. The molecule has 6 atom stereocenters. The second kappa shape index (κ2) is 9.40. The van der Waals surface area contributed by atoms with Gasteiger partial charge < -0.3 is 9.47 Å². The molecule has 4 heteroatoms. The molecule has 0 radical (unpaired) electrons. The fraction of sp³-hybridized carbons (Fsp3) is 0.810. The minimum Gasteiger partial charge on any atom is -0.465 e. The summed E-state index contributed by atoms with van der Waals surface area (Å²) in [4.78, 5) is 25.3. The van der Waals surface area contributed by atoms with E-state index in [9.17, 15) is 9.59 Å². The van der Waals surface area contributed by atoms with Crippen LogP contribution in [0.3, 0.4) is 0 Å². The second-order valence-electron chi connectivity index (χ2n) is 8.05. The van der Waals surface area contributed by atoms with Gasteiger partial charge in [0.15, 0.2) is 0 Å². The molecule has 0 spiro atoms. The van der Waals surface area contributed by atoms with Gasteiger partial charge in [0.25, 0.3) is 0 Å². The monoisotopic (exact) mass is 350 g/mol. The smallest absolute Gasteiger partial charge is 0.310 e. The molecule has 2 rings (SSSR count). The van der Waals surface area contributed by atoms with Gasteiger partial charge in [-0.25, -0.2) is 0 Å². The summed E-state index contributed by atoms with van der Waals surface area (Å²) < 4.78 is 11.1. The third-order valence-corrected chi connectivity index (χ3v) is 5.59. The first kappa shape index (κ1) is 20.0. The molecule has 0 aromatic heterocycles. The summed E-state index contributed by atoms with van der Waals surface area (Å²) >= 11 is 0. The highest BCUT2D eigenvalue weighted by Crippen LogP contribution is 2.49. The Morgan fingerprint density at radius 1 is 0.880 bits per heavy atom. The molecule has 0 aromatic carbocycles. The van der Waals surface area contributed by atoms with Crippen molar-refractivity contribution in [2.24, 2.45) is 35.5 Å². The third-order valence-electron chi connectivity index (χ3n) is 5.59. The molecule has 2 aliphatic rings. The van der Waals surface area contributed by atoms with Crippen molar-refractivity contribution in [3.63, 3.8) is 0 Å². The summed E-state index contributed by atoms with van der Waals surface area (Å²) in [6.07, 6.45) is 9.29. The van der Waals surface area contributed by atoms with E-state index in [1.807, 2.05) is 0 Å². The maximum absolute atomic E-state index is 12.6. The van der Waals surface area contributed by atoms with Crippen LogP contribution >= 0.6 is 0 Å². The molecule has 2 bridgehead atoms. The predicted octanol–water partition coefficient (Wildman–Crippen LogP) is 4.38. The van der Waals surface area contributed by atoms with Crippen molar-refractivity contribution in [2.75, 3.05) is 13.2 Å². The molecule has 4 nitrogen and oxygen atoms in total. The normalized spacial score (nSPS) is 29.4. The molecule has 0 aromatic rings. The van der Waals surface area contributed by atoms with Crippen molar-refractivity contribution in [2.45, 2.75) is 59.8 Å². The van der Waals surface area contributed by atoms with Crippen LogP contribution in [0, 0.1) is 35.5 Å². The Bertz CT molecular complexity index is 442. The first-order valence-electron chi connectivity index (χ1n) is 9.99. The standard InChI is InChI=1S/C21H34O4/c1-5-7-14(3)12-24-20(22)18-16-9-10-17(11-16)19(18)21(23)25-13-15(4)8-6-2/h9-10,14-19H,5-8,11-13H2,1-4H3. The second-order valence-corrected chi connectivity index (χ2v) is 8.05. The van der Waals surface area contributed by atoms with E-state index in [2.05, 4.69) is 39.8 Å². The van der Waals surface area contributed by atoms with E-state index in [0.717, 1.165) is 32.1 Å². The molecule has 0 N–H and O–H groups in total. The number of fused-ring (bicyclic) bond motifs is 2. The lowest BCUT2D eigenvalue weighted by atomic mass is 9.83. The molecule has 2 aliphatic carbocycles. The van der Waals surface area contributed by atoms with Gasteiger partial charge in [-0.3, -0.25) is 9.59 Å². The van der Waals surface area contributed by atoms with E-state index in [0.29, 0.717) is 25.0 Å². The zero-order valence-corrected chi connectivity index (χ0v) is 16.2. The lowest BCUT2D eigenvalue weighted by Gasteiger charge is -2.26. The molecule has 1 fully saturated rings. The van der Waals surface area contributed by atoms with E-state index in [4.69, 9.17) is 9.47 Å². The average Bonchev–Trinajstić information content (AvgIpc) is 3.19. The number of carbonyl (C=O) groups excluding carboxylic acids is 2. The van der Waals surface area contributed by atoms with E-state index >= 15 is 0 Å². The van der Waals surface area contributed by atoms with Gasteiger partial charge in [0.05, 0.1) is 25.0 Å². The minimum atomic E-state index is -0.363. The van der Waals surface area contributed by atoms with Crippen LogP contribution in [0.1, 0.15) is 59.8 Å². The molecule has 0 amide bonds. The topological polar surface area (TPSA) is 52.6 Å². The highest BCUT2D eigenvalue weighted by atomic mass is 16.5. The summed E-state index contributed by atoms with van der Waals surface area (Å²) in [6.45, 7) is 9.34. The van der Waals surface area contributed by atoms with Crippen LogP contribution in [0.2, 0.25) is 0 Å². The quantitative estimate of drug-likeness (QED) is 0.433. The number of carbonyl (C=O) groups is 2. The fourth-order valence-electron chi connectivity index (χ4n) is 4.26. The Balaban J connectivity index is 1.93. The maximum atomic E-state index is 12.6. The van der Waals surface area contributed by atoms with E-state index < -0.39 is 0 Å². The van der Waals surface area contributed by atoms with Gasteiger partial charge in [0, 0.05) is 0 Å². The Kier molecular flexibility index (Phi) is 7.52. The summed E-state index contributed by atoms with van der Waals surface area (Å²) in [7, 11) is 0. The highest BCUT2D eigenvalue weighted by molar-refractivity contribution is 5.84. The Labute approximate surface area is 152 Å². The van der Waals surface area contributed by atoms with Crippen LogP contribution < -0.4 is 0 Å². The van der Waals surface area contributed by atoms with Gasteiger partial charge in [-0.15, -0.1) is 0 Å². The van der Waals surface area contributed by atoms with Gasteiger partial charge in [-0.2, -0.15) is 0 Å². The van der Waals surface area contributed by atoms with E-state index in [-0.39, 0.29) is 35.6 Å². The number of esters is 2. The molecule has 0 heterocycles.